The molecule has 168 valence electrons. The molecule has 0 saturated carbocycles. The van der Waals surface area contributed by atoms with E-state index in [1.165, 1.54) is 17.1 Å². The number of aromatic amines is 1. The number of benzene rings is 2. The van der Waals surface area contributed by atoms with Crippen molar-refractivity contribution >= 4 is 25.0 Å². The van der Waals surface area contributed by atoms with Crippen molar-refractivity contribution in [3.05, 3.63) is 81.8 Å². The third kappa shape index (κ3) is 5.26. The van der Waals surface area contributed by atoms with E-state index in [4.69, 9.17) is 9.26 Å². The Balaban J connectivity index is 1.91. The summed E-state index contributed by atoms with van der Waals surface area (Å²) in [6.45, 7) is 6.81. The summed E-state index contributed by atoms with van der Waals surface area (Å²) in [5.41, 5.74) is 1.00. The number of carbonyl (C=O) groups is 2. The molecule has 3 rings (SSSR count). The van der Waals surface area contributed by atoms with Crippen molar-refractivity contribution < 1.29 is 18.8 Å². The second-order valence-corrected chi connectivity index (χ2v) is 13.8. The molecule has 0 bridgehead atoms. The van der Waals surface area contributed by atoms with E-state index >= 15 is 0 Å². The van der Waals surface area contributed by atoms with Gasteiger partial charge in [-0.2, -0.15) is 5.16 Å². The predicted molar refractivity (Wildman–Crippen MR) is 125 cm³/mol. The highest BCUT2D eigenvalue weighted by Gasteiger charge is 2.31. The monoisotopic (exact) mass is 452 g/mol. The zero-order valence-corrected chi connectivity index (χ0v) is 20.0. The van der Waals surface area contributed by atoms with Crippen molar-refractivity contribution in [3.63, 3.8) is 0 Å². The van der Waals surface area contributed by atoms with Gasteiger partial charge in [0, 0.05) is 13.5 Å². The first-order valence-electron chi connectivity index (χ1n) is 10.3. The molecule has 0 saturated heterocycles. The van der Waals surface area contributed by atoms with Gasteiger partial charge in [-0.15, -0.1) is 0 Å². The standard InChI is InChI=1S/C24H28N2O5Si/c1-26(24(29)21-15-22(28)25-31-21)23(17-8-10-18(30-2)11-9-17)20(27)14-16-6-12-19(13-7-16)32(3,4)5/h6-13,15,23H,14H2,1-5H3,(H,25,28). The molecule has 3 aromatic rings. The third-order valence-electron chi connectivity index (χ3n) is 5.38. The summed E-state index contributed by atoms with van der Waals surface area (Å²) >= 11 is 0. The van der Waals surface area contributed by atoms with E-state index in [9.17, 15) is 14.4 Å². The molecule has 0 spiro atoms. The minimum Gasteiger partial charge on any atom is -0.497 e. The Morgan fingerprint density at radius 2 is 1.69 bits per heavy atom. The van der Waals surface area contributed by atoms with Crippen molar-refractivity contribution in [1.82, 2.24) is 10.1 Å². The fourth-order valence-corrected chi connectivity index (χ4v) is 4.68. The van der Waals surface area contributed by atoms with Crippen LogP contribution in [-0.4, -0.2) is 44.0 Å². The van der Waals surface area contributed by atoms with E-state index in [2.05, 4.69) is 36.9 Å². The number of amides is 1. The van der Waals surface area contributed by atoms with Gasteiger partial charge < -0.3 is 14.2 Å². The minimum atomic E-state index is -1.44. The number of ether oxygens (including phenoxy) is 1. The number of nitrogens with zero attached hydrogens (tertiary/aromatic N) is 1. The molecule has 0 radical (unpaired) electrons. The summed E-state index contributed by atoms with van der Waals surface area (Å²) in [5, 5.41) is 3.42. The molecule has 1 atom stereocenters. The smallest absolute Gasteiger partial charge is 0.293 e. The number of ketones is 1. The Hall–Kier alpha value is -3.39. The summed E-state index contributed by atoms with van der Waals surface area (Å²) in [7, 11) is 1.65. The molecule has 2 aromatic carbocycles. The lowest BCUT2D eigenvalue weighted by Gasteiger charge is -2.27. The fourth-order valence-electron chi connectivity index (χ4n) is 3.51. The average molecular weight is 453 g/mol. The van der Waals surface area contributed by atoms with E-state index in [-0.39, 0.29) is 18.0 Å². The maximum absolute atomic E-state index is 13.4. The van der Waals surface area contributed by atoms with Gasteiger partial charge in [0.1, 0.15) is 11.8 Å². The van der Waals surface area contributed by atoms with Crippen LogP contribution in [0.4, 0.5) is 0 Å². The molecular formula is C24H28N2O5Si. The van der Waals surface area contributed by atoms with Gasteiger partial charge in [-0.3, -0.25) is 14.4 Å². The summed E-state index contributed by atoms with van der Waals surface area (Å²) in [6.07, 6.45) is 0.164. The maximum atomic E-state index is 13.4. The van der Waals surface area contributed by atoms with Crippen LogP contribution in [0, 0.1) is 0 Å². The van der Waals surface area contributed by atoms with Crippen molar-refractivity contribution in [2.45, 2.75) is 32.1 Å². The van der Waals surface area contributed by atoms with Crippen molar-refractivity contribution in [1.29, 1.82) is 0 Å². The van der Waals surface area contributed by atoms with E-state index < -0.39 is 25.6 Å². The molecular weight excluding hydrogens is 424 g/mol. The van der Waals surface area contributed by atoms with Crippen molar-refractivity contribution in [3.8, 4) is 5.75 Å². The Bertz CT molecular complexity index is 1140. The van der Waals surface area contributed by atoms with Gasteiger partial charge in [-0.1, -0.05) is 61.2 Å². The van der Waals surface area contributed by atoms with Crippen LogP contribution in [0.5, 0.6) is 5.75 Å². The van der Waals surface area contributed by atoms with Crippen LogP contribution in [0.3, 0.4) is 0 Å². The van der Waals surface area contributed by atoms with Crippen LogP contribution < -0.4 is 15.5 Å². The number of H-pyrrole nitrogens is 1. The normalized spacial score (nSPS) is 12.3. The number of Topliss-reactive ketones (excluding diaryl/α,β-unsaturated/α-hetero) is 1. The molecule has 1 aromatic heterocycles. The van der Waals surface area contributed by atoms with Gasteiger partial charge in [0.2, 0.25) is 5.76 Å². The number of aromatic nitrogens is 1. The number of rotatable bonds is 8. The summed E-state index contributed by atoms with van der Waals surface area (Å²) in [6, 6.07) is 15.3. The first-order valence-corrected chi connectivity index (χ1v) is 13.8. The summed E-state index contributed by atoms with van der Waals surface area (Å²) < 4.78 is 10.2. The second kappa shape index (κ2) is 9.40. The molecule has 32 heavy (non-hydrogen) atoms. The summed E-state index contributed by atoms with van der Waals surface area (Å²) in [5.74, 6) is -0.216. The minimum absolute atomic E-state index is 0.148. The molecule has 8 heteroatoms. The van der Waals surface area contributed by atoms with E-state index in [1.807, 2.05) is 12.1 Å². The topological polar surface area (TPSA) is 92.6 Å². The SMILES string of the molecule is COc1ccc(C(C(=O)Cc2ccc([Si](C)(C)C)cc2)N(C)C(=O)c2cc(=O)[nH]o2)cc1. The van der Waals surface area contributed by atoms with Crippen LogP contribution in [0.2, 0.25) is 19.6 Å². The van der Waals surface area contributed by atoms with Crippen LogP contribution in [0.25, 0.3) is 0 Å². The van der Waals surface area contributed by atoms with Crippen LogP contribution >= 0.6 is 0 Å². The largest absolute Gasteiger partial charge is 0.497 e. The zero-order valence-electron chi connectivity index (χ0n) is 19.0. The van der Waals surface area contributed by atoms with Crippen molar-refractivity contribution in [2.24, 2.45) is 0 Å². The molecule has 1 unspecified atom stereocenters. The third-order valence-corrected chi connectivity index (χ3v) is 7.44. The van der Waals surface area contributed by atoms with Gasteiger partial charge in [0.25, 0.3) is 11.5 Å². The van der Waals surface area contributed by atoms with E-state index in [0.717, 1.165) is 11.6 Å². The lowest BCUT2D eigenvalue weighted by molar-refractivity contribution is -0.122. The lowest BCUT2D eigenvalue weighted by Crippen LogP contribution is -2.38. The molecule has 1 amide bonds. The van der Waals surface area contributed by atoms with Gasteiger partial charge in [0.05, 0.1) is 21.3 Å². The second-order valence-electron chi connectivity index (χ2n) is 8.76. The molecule has 0 aliphatic heterocycles. The van der Waals surface area contributed by atoms with Gasteiger partial charge in [-0.05, 0) is 23.3 Å². The molecule has 0 fully saturated rings. The molecule has 1 heterocycles. The average Bonchev–Trinajstić information content (AvgIpc) is 3.19. The van der Waals surface area contributed by atoms with Crippen LogP contribution in [0.1, 0.15) is 27.7 Å². The predicted octanol–water partition coefficient (Wildman–Crippen LogP) is 3.15. The highest BCUT2D eigenvalue weighted by molar-refractivity contribution is 6.88. The van der Waals surface area contributed by atoms with Gasteiger partial charge >= 0.3 is 0 Å². The number of methoxy groups -OCH3 is 1. The number of likely N-dealkylation sites (N-methyl/N-ethyl adjacent to an activating group) is 1. The number of carbonyl (C=O) groups excluding carboxylic acids is 2. The Labute approximate surface area is 188 Å². The number of hydrogen-bond acceptors (Lipinski definition) is 5. The van der Waals surface area contributed by atoms with E-state index in [0.29, 0.717) is 11.3 Å². The first kappa shape index (κ1) is 23.3. The summed E-state index contributed by atoms with van der Waals surface area (Å²) in [4.78, 5) is 39.0. The fraction of sp³-hybridized carbons (Fsp3) is 0.292. The van der Waals surface area contributed by atoms with Crippen molar-refractivity contribution in [2.75, 3.05) is 14.2 Å². The highest BCUT2D eigenvalue weighted by Crippen LogP contribution is 2.26. The number of hydrogen-bond donors (Lipinski definition) is 1. The highest BCUT2D eigenvalue weighted by atomic mass is 28.3. The molecule has 0 aliphatic carbocycles. The Morgan fingerprint density at radius 3 is 2.19 bits per heavy atom. The van der Waals surface area contributed by atoms with Gasteiger partial charge in [-0.25, -0.2) is 0 Å². The Kier molecular flexibility index (Phi) is 6.83. The lowest BCUT2D eigenvalue weighted by atomic mass is 9.96. The van der Waals surface area contributed by atoms with Gasteiger partial charge in [0.15, 0.2) is 5.78 Å². The Morgan fingerprint density at radius 1 is 1.06 bits per heavy atom. The number of nitrogens with one attached hydrogen (secondary N) is 1. The quantitative estimate of drug-likeness (QED) is 0.530. The first-order chi connectivity index (χ1) is 15.1. The van der Waals surface area contributed by atoms with E-state index in [1.54, 1.807) is 31.4 Å². The molecule has 0 aliphatic rings. The molecule has 1 N–H and O–H groups in total. The molecule has 7 nitrogen and oxygen atoms in total. The van der Waals surface area contributed by atoms with Crippen LogP contribution in [-0.2, 0) is 11.2 Å². The zero-order chi connectivity index (χ0) is 23.5. The van der Waals surface area contributed by atoms with Crippen LogP contribution in [0.15, 0.2) is 63.9 Å². The maximum Gasteiger partial charge on any atom is 0.293 e.